The number of ether oxygens (including phenoxy) is 1. The largest absolute Gasteiger partial charge is 0.363 e. The SMILES string of the molecule is Cc1csc(CN2CCC3(CC2)CN(c2ccc(F)cc2)C(=O)CO3)n1. The highest BCUT2D eigenvalue weighted by Gasteiger charge is 2.42. The molecular formula is C19H22FN3O2S. The van der Waals surface area contributed by atoms with Gasteiger partial charge in [0.2, 0.25) is 0 Å². The lowest BCUT2D eigenvalue weighted by Gasteiger charge is -2.46. The van der Waals surface area contributed by atoms with E-state index in [-0.39, 0.29) is 23.9 Å². The molecule has 0 N–H and O–H groups in total. The first kappa shape index (κ1) is 17.6. The van der Waals surface area contributed by atoms with E-state index in [1.807, 2.05) is 6.92 Å². The second kappa shape index (κ2) is 7.06. The molecule has 2 aliphatic heterocycles. The van der Waals surface area contributed by atoms with Gasteiger partial charge in [-0.15, -0.1) is 11.3 Å². The van der Waals surface area contributed by atoms with Gasteiger partial charge < -0.3 is 9.64 Å². The Balaban J connectivity index is 1.41. The monoisotopic (exact) mass is 375 g/mol. The third-order valence-electron chi connectivity index (χ3n) is 5.18. The highest BCUT2D eigenvalue weighted by Crippen LogP contribution is 2.33. The highest BCUT2D eigenvalue weighted by molar-refractivity contribution is 7.09. The minimum Gasteiger partial charge on any atom is -0.363 e. The molecule has 1 aromatic heterocycles. The summed E-state index contributed by atoms with van der Waals surface area (Å²) in [7, 11) is 0. The van der Waals surface area contributed by atoms with Crippen LogP contribution in [-0.4, -0.2) is 47.6 Å². The lowest BCUT2D eigenvalue weighted by atomic mass is 9.89. The zero-order valence-corrected chi connectivity index (χ0v) is 15.6. The molecule has 1 spiro atoms. The molecule has 2 aliphatic rings. The summed E-state index contributed by atoms with van der Waals surface area (Å²) in [4.78, 5) is 21.0. The molecule has 26 heavy (non-hydrogen) atoms. The van der Waals surface area contributed by atoms with Gasteiger partial charge in [0.15, 0.2) is 0 Å². The Morgan fingerprint density at radius 1 is 1.27 bits per heavy atom. The van der Waals surface area contributed by atoms with Gasteiger partial charge >= 0.3 is 0 Å². The van der Waals surface area contributed by atoms with Crippen molar-refractivity contribution in [3.05, 3.63) is 46.2 Å². The predicted octanol–water partition coefficient (Wildman–Crippen LogP) is 2.99. The Hall–Kier alpha value is -1.83. The number of carbonyl (C=O) groups is 1. The molecule has 138 valence electrons. The van der Waals surface area contributed by atoms with E-state index in [1.54, 1.807) is 28.4 Å². The molecule has 0 unspecified atom stereocenters. The molecule has 0 radical (unpaired) electrons. The lowest BCUT2D eigenvalue weighted by molar-refractivity contribution is -0.144. The van der Waals surface area contributed by atoms with E-state index < -0.39 is 0 Å². The molecule has 0 bridgehead atoms. The maximum absolute atomic E-state index is 13.2. The zero-order valence-electron chi connectivity index (χ0n) is 14.8. The van der Waals surface area contributed by atoms with Crippen LogP contribution in [-0.2, 0) is 16.1 Å². The summed E-state index contributed by atoms with van der Waals surface area (Å²) in [6.45, 7) is 5.34. The Kier molecular flexibility index (Phi) is 4.77. The number of hydrogen-bond acceptors (Lipinski definition) is 5. The molecule has 0 atom stereocenters. The maximum atomic E-state index is 13.2. The van der Waals surface area contributed by atoms with Crippen molar-refractivity contribution >= 4 is 22.9 Å². The van der Waals surface area contributed by atoms with Crippen molar-refractivity contribution in [2.45, 2.75) is 31.9 Å². The van der Waals surface area contributed by atoms with Gasteiger partial charge in [-0.2, -0.15) is 0 Å². The first-order chi connectivity index (χ1) is 12.5. The third-order valence-corrected chi connectivity index (χ3v) is 6.13. The summed E-state index contributed by atoms with van der Waals surface area (Å²) in [5.74, 6) is -0.363. The first-order valence-electron chi connectivity index (χ1n) is 8.86. The molecule has 2 aromatic rings. The molecule has 1 amide bonds. The average Bonchev–Trinajstić information content (AvgIpc) is 3.05. The number of hydrogen-bond donors (Lipinski definition) is 0. The summed E-state index contributed by atoms with van der Waals surface area (Å²) in [6.07, 6.45) is 1.75. The molecule has 3 heterocycles. The molecule has 1 aromatic carbocycles. The standard InChI is InChI=1S/C19H22FN3O2S/c1-14-12-26-17(21-14)10-22-8-6-19(7-9-22)13-23(18(24)11-25-19)16-4-2-15(20)3-5-16/h2-5,12H,6-11,13H2,1H3. The van der Waals surface area contributed by atoms with Gasteiger partial charge in [0, 0.05) is 29.9 Å². The molecule has 0 aliphatic carbocycles. The van der Waals surface area contributed by atoms with Gasteiger partial charge in [0.05, 0.1) is 18.7 Å². The van der Waals surface area contributed by atoms with Crippen molar-refractivity contribution in [2.75, 3.05) is 31.1 Å². The number of morpholine rings is 1. The predicted molar refractivity (Wildman–Crippen MR) is 98.8 cm³/mol. The minimum atomic E-state index is -0.308. The fourth-order valence-corrected chi connectivity index (χ4v) is 4.47. The summed E-state index contributed by atoms with van der Waals surface area (Å²) in [5.41, 5.74) is 1.50. The second-order valence-electron chi connectivity index (χ2n) is 7.09. The number of rotatable bonds is 3. The molecule has 5 nitrogen and oxygen atoms in total. The van der Waals surface area contributed by atoms with E-state index >= 15 is 0 Å². The van der Waals surface area contributed by atoms with Gasteiger partial charge in [-0.05, 0) is 44.0 Å². The number of carbonyl (C=O) groups excluding carboxylic acids is 1. The summed E-state index contributed by atoms with van der Waals surface area (Å²) in [5, 5.41) is 3.23. The van der Waals surface area contributed by atoms with E-state index in [9.17, 15) is 9.18 Å². The number of aryl methyl sites for hydroxylation is 1. The summed E-state index contributed by atoms with van der Waals surface area (Å²) in [6, 6.07) is 6.10. The quantitative estimate of drug-likeness (QED) is 0.827. The van der Waals surface area contributed by atoms with Crippen LogP contribution < -0.4 is 4.90 Å². The zero-order chi connectivity index (χ0) is 18.1. The van der Waals surface area contributed by atoms with Gasteiger partial charge in [0.25, 0.3) is 5.91 Å². The average molecular weight is 375 g/mol. The van der Waals surface area contributed by atoms with Crippen molar-refractivity contribution in [2.24, 2.45) is 0 Å². The lowest BCUT2D eigenvalue weighted by Crippen LogP contribution is -2.58. The van der Waals surface area contributed by atoms with Crippen molar-refractivity contribution in [3.63, 3.8) is 0 Å². The molecule has 2 fully saturated rings. The normalized spacial score (nSPS) is 20.7. The first-order valence-corrected chi connectivity index (χ1v) is 9.74. The number of aromatic nitrogens is 1. The van der Waals surface area contributed by atoms with Crippen LogP contribution >= 0.6 is 11.3 Å². The van der Waals surface area contributed by atoms with Crippen LogP contribution in [0.15, 0.2) is 29.6 Å². The van der Waals surface area contributed by atoms with Crippen molar-refractivity contribution in [1.29, 1.82) is 0 Å². The third kappa shape index (κ3) is 3.65. The van der Waals surface area contributed by atoms with E-state index in [1.165, 1.54) is 12.1 Å². The fraction of sp³-hybridized carbons (Fsp3) is 0.474. The van der Waals surface area contributed by atoms with E-state index in [0.29, 0.717) is 6.54 Å². The molecule has 4 rings (SSSR count). The number of halogens is 1. The van der Waals surface area contributed by atoms with Gasteiger partial charge in [0.1, 0.15) is 17.4 Å². The smallest absolute Gasteiger partial charge is 0.253 e. The van der Waals surface area contributed by atoms with Gasteiger partial charge in [-0.1, -0.05) is 0 Å². The van der Waals surface area contributed by atoms with Crippen LogP contribution in [0.4, 0.5) is 10.1 Å². The minimum absolute atomic E-state index is 0.0667. The van der Waals surface area contributed by atoms with Crippen LogP contribution in [0, 0.1) is 12.7 Å². The molecule has 0 saturated carbocycles. The van der Waals surface area contributed by atoms with E-state index in [0.717, 1.165) is 48.9 Å². The van der Waals surface area contributed by atoms with Crippen LogP contribution in [0.2, 0.25) is 0 Å². The molecular weight excluding hydrogens is 353 g/mol. The van der Waals surface area contributed by atoms with Crippen molar-refractivity contribution in [1.82, 2.24) is 9.88 Å². The molecule has 7 heteroatoms. The van der Waals surface area contributed by atoms with Crippen LogP contribution in [0.3, 0.4) is 0 Å². The number of amides is 1. The number of thiazole rings is 1. The van der Waals surface area contributed by atoms with Crippen LogP contribution in [0.1, 0.15) is 23.5 Å². The number of likely N-dealkylation sites (tertiary alicyclic amines) is 1. The van der Waals surface area contributed by atoms with Crippen molar-refractivity contribution < 1.29 is 13.9 Å². The van der Waals surface area contributed by atoms with Gasteiger partial charge in [-0.25, -0.2) is 9.37 Å². The summed E-state index contributed by atoms with van der Waals surface area (Å²) < 4.78 is 19.2. The maximum Gasteiger partial charge on any atom is 0.253 e. The number of piperidine rings is 1. The fourth-order valence-electron chi connectivity index (χ4n) is 3.66. The van der Waals surface area contributed by atoms with Crippen LogP contribution in [0.5, 0.6) is 0 Å². The van der Waals surface area contributed by atoms with E-state index in [2.05, 4.69) is 15.3 Å². The Morgan fingerprint density at radius 3 is 2.65 bits per heavy atom. The molecule has 2 saturated heterocycles. The van der Waals surface area contributed by atoms with Gasteiger partial charge in [-0.3, -0.25) is 9.69 Å². The Labute approximate surface area is 156 Å². The number of nitrogens with zero attached hydrogens (tertiary/aromatic N) is 3. The second-order valence-corrected chi connectivity index (χ2v) is 8.03. The highest BCUT2D eigenvalue weighted by atomic mass is 32.1. The van der Waals surface area contributed by atoms with Crippen molar-refractivity contribution in [3.8, 4) is 0 Å². The number of benzene rings is 1. The summed E-state index contributed by atoms with van der Waals surface area (Å²) >= 11 is 1.70. The van der Waals surface area contributed by atoms with Crippen LogP contribution in [0.25, 0.3) is 0 Å². The Morgan fingerprint density at radius 2 is 2.00 bits per heavy atom. The topological polar surface area (TPSA) is 45.7 Å². The van der Waals surface area contributed by atoms with E-state index in [4.69, 9.17) is 4.74 Å². The Bertz CT molecular complexity index is 784. The number of anilines is 1.